The van der Waals surface area contributed by atoms with Crippen molar-refractivity contribution in [3.8, 4) is 11.5 Å². The van der Waals surface area contributed by atoms with Crippen molar-refractivity contribution in [3.63, 3.8) is 0 Å². The molecule has 1 aliphatic carbocycles. The van der Waals surface area contributed by atoms with Crippen LogP contribution in [-0.4, -0.2) is 51.3 Å². The van der Waals surface area contributed by atoms with Gasteiger partial charge in [0.15, 0.2) is 0 Å². The number of carbonyl (C=O) groups is 1. The molecule has 3 aromatic rings. The lowest BCUT2D eigenvalue weighted by Gasteiger charge is -2.34. The first-order valence-corrected chi connectivity index (χ1v) is 15.5. The number of anilines is 2. The number of benzene rings is 3. The molecule has 0 radical (unpaired) electrons. The van der Waals surface area contributed by atoms with Gasteiger partial charge in [-0.1, -0.05) is 12.1 Å². The molecule has 1 saturated heterocycles. The summed E-state index contributed by atoms with van der Waals surface area (Å²) in [5, 5.41) is 3.21. The van der Waals surface area contributed by atoms with E-state index in [1.807, 2.05) is 24.3 Å². The van der Waals surface area contributed by atoms with Gasteiger partial charge in [0.1, 0.15) is 17.3 Å². The van der Waals surface area contributed by atoms with E-state index in [1.54, 1.807) is 41.3 Å². The molecule has 0 spiro atoms. The Morgan fingerprint density at radius 3 is 2.10 bits per heavy atom. The first-order valence-electron chi connectivity index (χ1n) is 13.6. The molecule has 1 saturated carbocycles. The highest BCUT2D eigenvalue weighted by Gasteiger charge is 2.29. The molecule has 0 unspecified atom stereocenters. The summed E-state index contributed by atoms with van der Waals surface area (Å²) in [5.41, 5.74) is 2.39. The Bertz CT molecular complexity index is 1390. The second-order valence-electron chi connectivity index (χ2n) is 10.7. The minimum absolute atomic E-state index is 0.103. The first kappa shape index (κ1) is 27.9. The fourth-order valence-electron chi connectivity index (χ4n) is 4.84. The molecule has 3 aromatic carbocycles. The van der Waals surface area contributed by atoms with Gasteiger partial charge in [0.25, 0.3) is 0 Å². The Balaban J connectivity index is 1.08. The number of sulfonamides is 1. The molecule has 212 valence electrons. The predicted molar refractivity (Wildman–Crippen MR) is 155 cm³/mol. The maximum absolute atomic E-state index is 13.4. The number of carbonyl (C=O) groups excluding carboxylic acids is 1. The minimum atomic E-state index is -3.32. The lowest BCUT2D eigenvalue weighted by atomic mass is 10.0. The van der Waals surface area contributed by atoms with Gasteiger partial charge in [-0.25, -0.2) is 17.6 Å². The summed E-state index contributed by atoms with van der Waals surface area (Å²) in [6.07, 6.45) is 5.12. The van der Waals surface area contributed by atoms with E-state index in [1.165, 1.54) is 17.7 Å². The third-order valence-electron chi connectivity index (χ3n) is 7.16. The zero-order chi connectivity index (χ0) is 28.1. The van der Waals surface area contributed by atoms with Crippen molar-refractivity contribution < 1.29 is 22.3 Å². The monoisotopic (exact) mass is 566 g/mol. The third kappa shape index (κ3) is 8.19. The number of ether oxygens (including phenoxy) is 1. The van der Waals surface area contributed by atoms with E-state index in [2.05, 4.69) is 14.9 Å². The van der Waals surface area contributed by atoms with E-state index in [9.17, 15) is 17.6 Å². The van der Waals surface area contributed by atoms with E-state index >= 15 is 0 Å². The van der Waals surface area contributed by atoms with E-state index in [-0.39, 0.29) is 17.9 Å². The van der Waals surface area contributed by atoms with E-state index in [0.29, 0.717) is 29.6 Å². The summed E-state index contributed by atoms with van der Waals surface area (Å²) in [7, 11) is -3.32. The zero-order valence-electron chi connectivity index (χ0n) is 22.6. The van der Waals surface area contributed by atoms with Gasteiger partial charge in [-0.15, -0.1) is 0 Å². The van der Waals surface area contributed by atoms with Crippen molar-refractivity contribution >= 4 is 27.4 Å². The maximum Gasteiger partial charge on any atom is 0.322 e. The first-order chi connectivity index (χ1) is 19.2. The van der Waals surface area contributed by atoms with Crippen molar-refractivity contribution in [3.05, 3.63) is 84.2 Å². The Hall–Kier alpha value is -3.63. The fraction of sp³-hybridized carbons (Fsp3) is 0.367. The van der Waals surface area contributed by atoms with Gasteiger partial charge >= 0.3 is 6.03 Å². The van der Waals surface area contributed by atoms with Crippen LogP contribution in [0, 0.1) is 11.7 Å². The number of hydrogen-bond acceptors (Lipinski definition) is 5. The molecule has 2 amide bonds. The number of likely N-dealkylation sites (tertiary alicyclic amines) is 1. The number of urea groups is 1. The van der Waals surface area contributed by atoms with Crippen LogP contribution >= 0.6 is 0 Å². The van der Waals surface area contributed by atoms with Crippen LogP contribution in [0.1, 0.15) is 31.2 Å². The van der Waals surface area contributed by atoms with Gasteiger partial charge in [0.05, 0.1) is 6.26 Å². The van der Waals surface area contributed by atoms with Crippen LogP contribution < -0.4 is 19.7 Å². The highest BCUT2D eigenvalue weighted by atomic mass is 32.2. The van der Waals surface area contributed by atoms with E-state index in [0.717, 1.165) is 57.3 Å². The molecule has 0 bridgehead atoms. The van der Waals surface area contributed by atoms with Crippen molar-refractivity contribution in [2.75, 3.05) is 35.5 Å². The molecule has 0 atom stereocenters. The van der Waals surface area contributed by atoms with Crippen molar-refractivity contribution in [1.82, 2.24) is 10.2 Å². The summed E-state index contributed by atoms with van der Waals surface area (Å²) in [4.78, 5) is 17.3. The highest BCUT2D eigenvalue weighted by Crippen LogP contribution is 2.32. The summed E-state index contributed by atoms with van der Waals surface area (Å²) in [6, 6.07) is 20.8. The molecule has 2 fully saturated rings. The number of piperidine rings is 1. The van der Waals surface area contributed by atoms with Crippen LogP contribution in [0.15, 0.2) is 72.8 Å². The summed E-state index contributed by atoms with van der Waals surface area (Å²) in [6.45, 7) is 3.25. The fourth-order valence-corrected chi connectivity index (χ4v) is 5.40. The largest absolute Gasteiger partial charge is 0.457 e. The van der Waals surface area contributed by atoms with Crippen molar-refractivity contribution in [1.29, 1.82) is 0 Å². The van der Waals surface area contributed by atoms with Gasteiger partial charge in [-0.3, -0.25) is 14.5 Å². The number of nitrogens with one attached hydrogen (secondary N) is 2. The average Bonchev–Trinajstić information content (AvgIpc) is 3.75. The number of halogens is 1. The van der Waals surface area contributed by atoms with E-state index in [4.69, 9.17) is 4.74 Å². The Kier molecular flexibility index (Phi) is 8.56. The molecule has 1 heterocycles. The van der Waals surface area contributed by atoms with Gasteiger partial charge in [0, 0.05) is 43.6 Å². The Labute approximate surface area is 235 Å². The quantitative estimate of drug-likeness (QED) is 0.334. The molecule has 2 aliphatic rings. The topological polar surface area (TPSA) is 91.0 Å². The van der Waals surface area contributed by atoms with Crippen LogP contribution in [0.2, 0.25) is 0 Å². The number of rotatable bonds is 10. The summed E-state index contributed by atoms with van der Waals surface area (Å²) < 4.78 is 44.4. The molecule has 10 heteroatoms. The third-order valence-corrected chi connectivity index (χ3v) is 7.77. The lowest BCUT2D eigenvalue weighted by Crippen LogP contribution is -2.49. The van der Waals surface area contributed by atoms with Crippen LogP contribution in [0.5, 0.6) is 11.5 Å². The predicted octanol–water partition coefficient (Wildman–Crippen LogP) is 5.58. The molecule has 8 nitrogen and oxygen atoms in total. The molecule has 40 heavy (non-hydrogen) atoms. The van der Waals surface area contributed by atoms with Crippen LogP contribution in [0.3, 0.4) is 0 Å². The molecular weight excluding hydrogens is 531 g/mol. The highest BCUT2D eigenvalue weighted by molar-refractivity contribution is 7.92. The molecule has 2 N–H and O–H groups in total. The van der Waals surface area contributed by atoms with Gasteiger partial charge in [-0.05, 0) is 97.8 Å². The summed E-state index contributed by atoms with van der Waals surface area (Å²) in [5.74, 6) is 1.54. The normalized spacial score (nSPS) is 16.4. The van der Waals surface area contributed by atoms with Crippen molar-refractivity contribution in [2.45, 2.75) is 38.3 Å². The molecule has 1 aliphatic heterocycles. The Morgan fingerprint density at radius 1 is 0.925 bits per heavy atom. The van der Waals surface area contributed by atoms with Gasteiger partial charge < -0.3 is 10.1 Å². The second-order valence-corrected chi connectivity index (χ2v) is 12.4. The van der Waals surface area contributed by atoms with Gasteiger partial charge in [-0.2, -0.15) is 0 Å². The van der Waals surface area contributed by atoms with Gasteiger partial charge in [0.2, 0.25) is 10.0 Å². The average molecular weight is 567 g/mol. The van der Waals surface area contributed by atoms with Crippen LogP contribution in [-0.2, 0) is 16.6 Å². The van der Waals surface area contributed by atoms with Crippen LogP contribution in [0.25, 0.3) is 0 Å². The zero-order valence-corrected chi connectivity index (χ0v) is 23.4. The van der Waals surface area contributed by atoms with Crippen LogP contribution in [0.4, 0.5) is 20.6 Å². The molecule has 5 rings (SSSR count). The molecule has 0 aromatic heterocycles. The summed E-state index contributed by atoms with van der Waals surface area (Å²) >= 11 is 0. The number of nitrogens with zero attached hydrogens (tertiary/aromatic N) is 2. The minimum Gasteiger partial charge on any atom is -0.457 e. The smallest absolute Gasteiger partial charge is 0.322 e. The maximum atomic E-state index is 13.4. The van der Waals surface area contributed by atoms with E-state index < -0.39 is 10.0 Å². The lowest BCUT2D eigenvalue weighted by molar-refractivity contribution is 0.188. The standard InChI is InChI=1S/C30H35FN4O4S/c1-40(37,38)33-26-8-14-29(15-9-26)39-28-12-4-22(5-13-28)20-34-18-16-25(17-19-34)32-30(36)35(21-23-2-3-23)27-10-6-24(31)7-11-27/h4-15,23,25,33H,2-3,16-21H2,1H3,(H,32,36). The number of hydrogen-bond donors (Lipinski definition) is 2. The second kappa shape index (κ2) is 12.3. The SMILES string of the molecule is CS(=O)(=O)Nc1ccc(Oc2ccc(CN3CCC(NC(=O)N(CC4CC4)c4ccc(F)cc4)CC3)cc2)cc1. The molecular formula is C30H35FN4O4S. The Morgan fingerprint density at radius 2 is 1.52 bits per heavy atom. The number of amides is 2. The van der Waals surface area contributed by atoms with Crippen molar-refractivity contribution in [2.24, 2.45) is 5.92 Å².